The number of aliphatic imine (C=N–C) groups is 1. The van der Waals surface area contributed by atoms with Gasteiger partial charge in [-0.3, -0.25) is 9.98 Å². The van der Waals surface area contributed by atoms with Crippen LogP contribution in [0.5, 0.6) is 0 Å². The number of nitrogens with zero attached hydrogens (tertiary/aromatic N) is 4. The monoisotopic (exact) mass is 526 g/mol. The number of pyridine rings is 1. The van der Waals surface area contributed by atoms with E-state index in [4.69, 9.17) is 10.7 Å². The summed E-state index contributed by atoms with van der Waals surface area (Å²) in [6.45, 7) is 24.6. The molecule has 39 heavy (non-hydrogen) atoms. The van der Waals surface area contributed by atoms with Gasteiger partial charge in [-0.1, -0.05) is 38.8 Å². The van der Waals surface area contributed by atoms with Crippen LogP contribution in [0, 0.1) is 25.7 Å². The third kappa shape index (κ3) is 6.44. The summed E-state index contributed by atoms with van der Waals surface area (Å²) in [5.74, 6) is 1.14. The number of rotatable bonds is 8. The van der Waals surface area contributed by atoms with Crippen molar-refractivity contribution in [3.05, 3.63) is 84.0 Å². The van der Waals surface area contributed by atoms with E-state index in [0.717, 1.165) is 72.9 Å². The van der Waals surface area contributed by atoms with Gasteiger partial charge in [-0.25, -0.2) is 0 Å². The Bertz CT molecular complexity index is 1270. The minimum atomic E-state index is 0.225. The van der Waals surface area contributed by atoms with E-state index in [1.807, 2.05) is 31.1 Å². The Kier molecular flexibility index (Phi) is 8.96. The molecule has 0 bridgehead atoms. The van der Waals surface area contributed by atoms with Crippen LogP contribution in [0.2, 0.25) is 0 Å². The lowest BCUT2D eigenvalue weighted by Crippen LogP contribution is -2.38. The van der Waals surface area contributed by atoms with Crippen molar-refractivity contribution in [3.8, 4) is 0 Å². The van der Waals surface area contributed by atoms with Crippen molar-refractivity contribution in [3.63, 3.8) is 0 Å². The molecular formula is C33H46N6. The molecule has 4 rings (SSSR count). The van der Waals surface area contributed by atoms with Crippen LogP contribution in [0.4, 0.5) is 11.4 Å². The molecule has 3 N–H and O–H groups in total. The third-order valence-electron chi connectivity index (χ3n) is 8.55. The van der Waals surface area contributed by atoms with Crippen LogP contribution in [0.25, 0.3) is 5.70 Å². The number of nitrogens with two attached hydrogens (primary N) is 1. The summed E-state index contributed by atoms with van der Waals surface area (Å²) in [7, 11) is 2.01. The summed E-state index contributed by atoms with van der Waals surface area (Å²) in [5, 5.41) is 3.46. The number of hydrogen-bond donors (Lipinski definition) is 2. The number of hydrogen-bond acceptors (Lipinski definition) is 6. The first-order valence-corrected chi connectivity index (χ1v) is 14.2. The Morgan fingerprint density at radius 2 is 1.82 bits per heavy atom. The Balaban J connectivity index is 1.60. The molecule has 2 atom stereocenters. The topological polar surface area (TPSA) is 69.8 Å². The smallest absolute Gasteiger partial charge is 0.0661 e. The molecule has 2 saturated heterocycles. The summed E-state index contributed by atoms with van der Waals surface area (Å²) >= 11 is 0. The molecule has 3 heterocycles. The van der Waals surface area contributed by atoms with Crippen LogP contribution in [0.15, 0.2) is 66.6 Å². The number of likely N-dealkylation sites (tertiary alicyclic amines) is 1. The molecule has 0 saturated carbocycles. The summed E-state index contributed by atoms with van der Waals surface area (Å²) < 4.78 is 0. The van der Waals surface area contributed by atoms with Gasteiger partial charge in [0.15, 0.2) is 0 Å². The Labute approximate surface area is 235 Å². The molecule has 1 aromatic heterocycles. The van der Waals surface area contributed by atoms with Crippen molar-refractivity contribution in [2.45, 2.75) is 59.4 Å². The Morgan fingerprint density at radius 1 is 1.10 bits per heavy atom. The molecule has 2 aliphatic heterocycles. The van der Waals surface area contributed by atoms with E-state index in [1.54, 1.807) is 0 Å². The van der Waals surface area contributed by atoms with Gasteiger partial charge in [0.1, 0.15) is 0 Å². The predicted octanol–water partition coefficient (Wildman–Crippen LogP) is 6.66. The fraction of sp³-hybridized carbons (Fsp3) is 0.455. The van der Waals surface area contributed by atoms with E-state index in [1.165, 1.54) is 23.3 Å². The molecule has 6 heteroatoms. The second-order valence-electron chi connectivity index (χ2n) is 11.5. The molecule has 208 valence electrons. The van der Waals surface area contributed by atoms with E-state index in [2.05, 4.69) is 73.9 Å². The van der Waals surface area contributed by atoms with Crippen molar-refractivity contribution in [1.29, 1.82) is 0 Å². The quantitative estimate of drug-likeness (QED) is 0.297. The van der Waals surface area contributed by atoms with Crippen LogP contribution in [0.3, 0.4) is 0 Å². The lowest BCUT2D eigenvalue weighted by molar-refractivity contribution is 0.158. The van der Waals surface area contributed by atoms with E-state index < -0.39 is 0 Å². The molecule has 1 aromatic carbocycles. The van der Waals surface area contributed by atoms with Gasteiger partial charge in [-0.05, 0) is 94.6 Å². The zero-order valence-electron chi connectivity index (χ0n) is 24.6. The van der Waals surface area contributed by atoms with Gasteiger partial charge in [0.25, 0.3) is 0 Å². The number of benzene rings is 1. The largest absolute Gasteiger partial charge is 0.399 e. The number of nitrogens with one attached hydrogen (secondary N) is 1. The third-order valence-corrected chi connectivity index (χ3v) is 8.55. The van der Waals surface area contributed by atoms with E-state index >= 15 is 0 Å². The maximum Gasteiger partial charge on any atom is 0.0661 e. The highest BCUT2D eigenvalue weighted by molar-refractivity contribution is 5.87. The number of likely N-dealkylation sites (N-methyl/N-ethyl adjacent to an activating group) is 1. The zero-order chi connectivity index (χ0) is 28.3. The highest BCUT2D eigenvalue weighted by Gasteiger charge is 2.30. The maximum absolute atomic E-state index is 6.02. The van der Waals surface area contributed by atoms with Crippen molar-refractivity contribution in [2.75, 3.05) is 31.6 Å². The molecule has 2 aromatic rings. The van der Waals surface area contributed by atoms with Crippen LogP contribution in [0.1, 0.15) is 68.0 Å². The van der Waals surface area contributed by atoms with E-state index in [-0.39, 0.29) is 6.04 Å². The fourth-order valence-electron chi connectivity index (χ4n) is 5.82. The maximum atomic E-state index is 6.02. The van der Waals surface area contributed by atoms with Crippen LogP contribution >= 0.6 is 0 Å². The summed E-state index contributed by atoms with van der Waals surface area (Å²) in [6.07, 6.45) is 6.43. The molecule has 6 nitrogen and oxygen atoms in total. The molecule has 0 amide bonds. The van der Waals surface area contributed by atoms with Gasteiger partial charge in [-0.2, -0.15) is 0 Å². The van der Waals surface area contributed by atoms with Crippen LogP contribution < -0.4 is 16.0 Å². The number of aryl methyl sites for hydroxylation is 2. The highest BCUT2D eigenvalue weighted by Crippen LogP contribution is 2.39. The summed E-state index contributed by atoms with van der Waals surface area (Å²) in [5.41, 5.74) is 15.8. The number of anilines is 1. The van der Waals surface area contributed by atoms with Crippen molar-refractivity contribution < 1.29 is 0 Å². The number of piperidine rings is 2. The summed E-state index contributed by atoms with van der Waals surface area (Å²) in [6, 6.07) is 9.04. The minimum absolute atomic E-state index is 0.225. The van der Waals surface area contributed by atoms with E-state index in [0.29, 0.717) is 17.5 Å². The lowest BCUT2D eigenvalue weighted by atomic mass is 9.88. The van der Waals surface area contributed by atoms with Gasteiger partial charge in [0.05, 0.1) is 35.0 Å². The molecule has 0 spiro atoms. The van der Waals surface area contributed by atoms with Crippen LogP contribution in [-0.4, -0.2) is 42.3 Å². The average Bonchev–Trinajstić information content (AvgIpc) is 2.93. The number of aromatic nitrogens is 1. The molecule has 1 unspecified atom stereocenters. The van der Waals surface area contributed by atoms with Gasteiger partial charge in [-0.15, -0.1) is 0 Å². The lowest BCUT2D eigenvalue weighted by Gasteiger charge is -2.43. The Hall–Kier alpha value is -3.38. The van der Waals surface area contributed by atoms with Gasteiger partial charge < -0.3 is 20.9 Å². The molecular weight excluding hydrogens is 480 g/mol. The fourth-order valence-corrected chi connectivity index (χ4v) is 5.82. The first-order chi connectivity index (χ1) is 18.6. The molecule has 0 aliphatic carbocycles. The SMILES string of the molecule is C=C(N)c1cc(N(C)C(=C)C(=C)N2CC(C)CC[C@@H]2c2ccc(C)c(/N=C(\C)C3CCNCC3)c2)cnc1C. The first-order valence-electron chi connectivity index (χ1n) is 14.2. The first kappa shape index (κ1) is 28.6. The zero-order valence-corrected chi connectivity index (χ0v) is 24.6. The normalized spacial score (nSPS) is 20.5. The minimum Gasteiger partial charge on any atom is -0.399 e. The van der Waals surface area contributed by atoms with Crippen LogP contribution in [-0.2, 0) is 0 Å². The van der Waals surface area contributed by atoms with Crippen molar-refractivity contribution in [1.82, 2.24) is 15.2 Å². The highest BCUT2D eigenvalue weighted by atomic mass is 15.2. The van der Waals surface area contributed by atoms with Gasteiger partial charge >= 0.3 is 0 Å². The second-order valence-corrected chi connectivity index (χ2v) is 11.5. The van der Waals surface area contributed by atoms with Crippen molar-refractivity contribution >= 4 is 22.8 Å². The standard InChI is InChI=1S/C33H46N6/c1-21-9-12-33(29-11-10-22(2)32(17-29)37-24(4)28-13-15-35-16-14-28)39(20-21)27(7)26(6)38(8)30-18-31(23(3)34)25(5)36-19-30/h10-11,17-19,21,28,33,35H,3,6-7,9,12-16,20,34H2,1-2,4-5,8H3/b37-24+/t21?,33-/m1/s1. The molecule has 0 radical (unpaired) electrons. The molecule has 2 fully saturated rings. The van der Waals surface area contributed by atoms with Gasteiger partial charge in [0.2, 0.25) is 0 Å². The average molecular weight is 527 g/mol. The van der Waals surface area contributed by atoms with Gasteiger partial charge in [0, 0.05) is 36.3 Å². The predicted molar refractivity (Wildman–Crippen MR) is 166 cm³/mol. The summed E-state index contributed by atoms with van der Waals surface area (Å²) in [4.78, 5) is 14.2. The Morgan fingerprint density at radius 3 is 2.51 bits per heavy atom. The van der Waals surface area contributed by atoms with E-state index in [9.17, 15) is 0 Å². The van der Waals surface area contributed by atoms with Crippen molar-refractivity contribution in [2.24, 2.45) is 22.6 Å². The molecule has 2 aliphatic rings. The second kappa shape index (κ2) is 12.2.